The van der Waals surface area contributed by atoms with Crippen LogP contribution in [0.4, 0.5) is 5.13 Å². The van der Waals surface area contributed by atoms with Crippen molar-refractivity contribution in [3.63, 3.8) is 0 Å². The number of aromatic carboxylic acids is 1. The van der Waals surface area contributed by atoms with Gasteiger partial charge in [-0.15, -0.1) is 0 Å². The lowest BCUT2D eigenvalue weighted by molar-refractivity contribution is 0.0701. The van der Waals surface area contributed by atoms with Crippen LogP contribution in [0.5, 0.6) is 0 Å². The second-order valence-corrected chi connectivity index (χ2v) is 4.40. The molecule has 0 bridgehead atoms. The van der Waals surface area contributed by atoms with Crippen LogP contribution in [0.25, 0.3) is 0 Å². The molecule has 1 rings (SSSR count). The van der Waals surface area contributed by atoms with Crippen molar-refractivity contribution in [1.82, 2.24) is 4.98 Å². The van der Waals surface area contributed by atoms with Gasteiger partial charge in [-0.05, 0) is 19.8 Å². The molecule has 84 valence electrons. The zero-order chi connectivity index (χ0) is 11.4. The van der Waals surface area contributed by atoms with Crippen molar-refractivity contribution >= 4 is 22.4 Å². The minimum absolute atomic E-state index is 0.323. The second-order valence-electron chi connectivity index (χ2n) is 3.40. The van der Waals surface area contributed by atoms with Gasteiger partial charge in [0.1, 0.15) is 4.88 Å². The highest BCUT2D eigenvalue weighted by molar-refractivity contribution is 7.17. The number of carboxylic acid groups (broad SMARTS) is 1. The molecule has 0 atom stereocenters. The Morgan fingerprint density at radius 2 is 2.13 bits per heavy atom. The number of anilines is 1. The summed E-state index contributed by atoms with van der Waals surface area (Å²) in [6.45, 7) is 5.91. The quantitative estimate of drug-likeness (QED) is 0.813. The van der Waals surface area contributed by atoms with Crippen molar-refractivity contribution in [2.24, 2.45) is 0 Å². The number of nitrogens with zero attached hydrogens (tertiary/aromatic N) is 1. The highest BCUT2D eigenvalue weighted by Crippen LogP contribution is 2.23. The van der Waals surface area contributed by atoms with Crippen LogP contribution in [-0.4, -0.2) is 22.1 Å². The molecule has 0 fully saturated rings. The summed E-state index contributed by atoms with van der Waals surface area (Å²) in [7, 11) is 0. The Morgan fingerprint density at radius 1 is 1.53 bits per heavy atom. The third-order valence-corrected chi connectivity index (χ3v) is 3.38. The van der Waals surface area contributed by atoms with Crippen LogP contribution in [0, 0.1) is 6.92 Å². The van der Waals surface area contributed by atoms with Gasteiger partial charge in [0.2, 0.25) is 0 Å². The van der Waals surface area contributed by atoms with E-state index in [0.717, 1.165) is 12.8 Å². The highest BCUT2D eigenvalue weighted by atomic mass is 32.1. The summed E-state index contributed by atoms with van der Waals surface area (Å²) >= 11 is 1.20. The van der Waals surface area contributed by atoms with Gasteiger partial charge in [0.25, 0.3) is 0 Å². The number of carbonyl (C=O) groups is 1. The lowest BCUT2D eigenvalue weighted by Crippen LogP contribution is -2.16. The summed E-state index contributed by atoms with van der Waals surface area (Å²) in [6, 6.07) is 0.372. The van der Waals surface area contributed by atoms with Crippen LogP contribution in [0.3, 0.4) is 0 Å². The van der Waals surface area contributed by atoms with E-state index in [9.17, 15) is 4.79 Å². The van der Waals surface area contributed by atoms with Crippen molar-refractivity contribution in [2.75, 3.05) is 5.32 Å². The van der Waals surface area contributed by atoms with Crippen LogP contribution >= 0.6 is 11.3 Å². The smallest absolute Gasteiger partial charge is 0.347 e. The van der Waals surface area contributed by atoms with E-state index in [1.165, 1.54) is 11.3 Å². The van der Waals surface area contributed by atoms with Gasteiger partial charge >= 0.3 is 5.97 Å². The van der Waals surface area contributed by atoms with E-state index in [4.69, 9.17) is 5.11 Å². The van der Waals surface area contributed by atoms with Crippen LogP contribution in [0.15, 0.2) is 0 Å². The van der Waals surface area contributed by atoms with Gasteiger partial charge < -0.3 is 10.4 Å². The first-order chi connectivity index (χ1) is 7.08. The largest absolute Gasteiger partial charge is 0.477 e. The number of carboxylic acids is 1. The Hall–Kier alpha value is -1.10. The molecule has 0 saturated carbocycles. The number of thiazole rings is 1. The summed E-state index contributed by atoms with van der Waals surface area (Å²) in [4.78, 5) is 15.3. The van der Waals surface area contributed by atoms with Gasteiger partial charge in [0.15, 0.2) is 5.13 Å². The van der Waals surface area contributed by atoms with E-state index >= 15 is 0 Å². The molecule has 0 radical (unpaired) electrons. The molecule has 2 N–H and O–H groups in total. The summed E-state index contributed by atoms with van der Waals surface area (Å²) in [5.41, 5.74) is 0.584. The monoisotopic (exact) mass is 228 g/mol. The number of hydrogen-bond donors (Lipinski definition) is 2. The third-order valence-electron chi connectivity index (χ3n) is 2.30. The Kier molecular flexibility index (Phi) is 4.08. The molecule has 0 spiro atoms. The van der Waals surface area contributed by atoms with Crippen molar-refractivity contribution in [3.8, 4) is 0 Å². The first-order valence-corrected chi connectivity index (χ1v) is 5.87. The van der Waals surface area contributed by atoms with Crippen molar-refractivity contribution in [2.45, 2.75) is 39.7 Å². The zero-order valence-electron chi connectivity index (χ0n) is 9.20. The van der Waals surface area contributed by atoms with Gasteiger partial charge in [-0.2, -0.15) is 0 Å². The van der Waals surface area contributed by atoms with Gasteiger partial charge in [-0.1, -0.05) is 25.2 Å². The molecular weight excluding hydrogens is 212 g/mol. The number of hydrogen-bond acceptors (Lipinski definition) is 4. The molecule has 0 aliphatic rings. The lowest BCUT2D eigenvalue weighted by Gasteiger charge is -2.12. The molecule has 0 unspecified atom stereocenters. The average Bonchev–Trinajstić information content (AvgIpc) is 2.56. The van der Waals surface area contributed by atoms with E-state index in [2.05, 4.69) is 24.1 Å². The molecule has 1 heterocycles. The average molecular weight is 228 g/mol. The lowest BCUT2D eigenvalue weighted by atomic mass is 10.2. The van der Waals surface area contributed by atoms with E-state index < -0.39 is 5.97 Å². The third kappa shape index (κ3) is 2.92. The summed E-state index contributed by atoms with van der Waals surface area (Å²) in [5.74, 6) is -0.900. The Balaban J connectivity index is 2.79. The maximum absolute atomic E-state index is 10.8. The fourth-order valence-electron chi connectivity index (χ4n) is 1.32. The molecule has 1 aromatic heterocycles. The van der Waals surface area contributed by atoms with Gasteiger partial charge in [0, 0.05) is 6.04 Å². The van der Waals surface area contributed by atoms with E-state index in [1.54, 1.807) is 6.92 Å². The summed E-state index contributed by atoms with van der Waals surface area (Å²) in [5, 5.41) is 12.8. The van der Waals surface area contributed by atoms with E-state index in [1.807, 2.05) is 0 Å². The second kappa shape index (κ2) is 5.11. The molecule has 5 heteroatoms. The number of nitrogens with one attached hydrogen (secondary N) is 1. The number of aryl methyl sites for hydroxylation is 1. The van der Waals surface area contributed by atoms with Crippen molar-refractivity contribution in [3.05, 3.63) is 10.6 Å². The molecule has 1 aromatic rings. The minimum Gasteiger partial charge on any atom is -0.477 e. The molecule has 0 aliphatic heterocycles. The van der Waals surface area contributed by atoms with E-state index in [0.29, 0.717) is 21.7 Å². The van der Waals surface area contributed by atoms with Crippen molar-refractivity contribution in [1.29, 1.82) is 0 Å². The number of aromatic nitrogens is 1. The predicted octanol–water partition coefficient (Wildman–Crippen LogP) is 2.75. The number of rotatable bonds is 5. The van der Waals surface area contributed by atoms with Gasteiger partial charge in [-0.3, -0.25) is 0 Å². The SMILES string of the molecule is CCC(CC)Nc1nc(C)c(C(=O)O)s1. The standard InChI is InChI=1S/C10H16N2O2S/c1-4-7(5-2)12-10-11-6(3)8(15-10)9(13)14/h7H,4-5H2,1-3H3,(H,11,12)(H,13,14). The summed E-state index contributed by atoms with van der Waals surface area (Å²) < 4.78 is 0. The Labute approximate surface area is 93.4 Å². The minimum atomic E-state index is -0.900. The maximum atomic E-state index is 10.8. The Bertz CT molecular complexity index is 345. The van der Waals surface area contributed by atoms with E-state index in [-0.39, 0.29) is 0 Å². The maximum Gasteiger partial charge on any atom is 0.347 e. The predicted molar refractivity (Wildman–Crippen MR) is 61.8 cm³/mol. The zero-order valence-corrected chi connectivity index (χ0v) is 10.0. The molecule has 0 aliphatic carbocycles. The van der Waals surface area contributed by atoms with Gasteiger partial charge in [0.05, 0.1) is 5.69 Å². The first kappa shape index (κ1) is 12.0. The van der Waals surface area contributed by atoms with Gasteiger partial charge in [-0.25, -0.2) is 9.78 Å². The van der Waals surface area contributed by atoms with Crippen LogP contribution in [-0.2, 0) is 0 Å². The molecule has 0 aromatic carbocycles. The van der Waals surface area contributed by atoms with Crippen LogP contribution < -0.4 is 5.32 Å². The first-order valence-electron chi connectivity index (χ1n) is 5.05. The van der Waals surface area contributed by atoms with Crippen LogP contribution in [0.2, 0.25) is 0 Å². The fourth-order valence-corrected chi connectivity index (χ4v) is 2.21. The highest BCUT2D eigenvalue weighted by Gasteiger charge is 2.15. The van der Waals surface area contributed by atoms with Crippen molar-refractivity contribution < 1.29 is 9.90 Å². The Morgan fingerprint density at radius 3 is 2.53 bits per heavy atom. The molecule has 0 amide bonds. The molecule has 0 saturated heterocycles. The molecule has 4 nitrogen and oxygen atoms in total. The normalized spacial score (nSPS) is 10.7. The summed E-state index contributed by atoms with van der Waals surface area (Å²) in [6.07, 6.45) is 2.02. The molecular formula is C10H16N2O2S. The topological polar surface area (TPSA) is 62.2 Å². The molecule has 15 heavy (non-hydrogen) atoms. The van der Waals surface area contributed by atoms with Crippen LogP contribution in [0.1, 0.15) is 42.1 Å². The fraction of sp³-hybridized carbons (Fsp3) is 0.600.